The van der Waals surface area contributed by atoms with Gasteiger partial charge in [-0.2, -0.15) is 4.39 Å². The third-order valence-electron chi connectivity index (χ3n) is 2.66. The van der Waals surface area contributed by atoms with E-state index in [2.05, 4.69) is 9.72 Å². The molecule has 5 nitrogen and oxygen atoms in total. The van der Waals surface area contributed by atoms with Crippen LogP contribution in [0.15, 0.2) is 18.3 Å². The molecule has 1 rings (SSSR count). The predicted octanol–water partition coefficient (Wildman–Crippen LogP) is 1.88. The summed E-state index contributed by atoms with van der Waals surface area (Å²) in [6.07, 6.45) is 1.36. The molecule has 0 N–H and O–H groups in total. The van der Waals surface area contributed by atoms with E-state index < -0.39 is 5.95 Å². The molecule has 0 radical (unpaired) electrons. The van der Waals surface area contributed by atoms with Gasteiger partial charge in [0.15, 0.2) is 0 Å². The number of ether oxygens (including phenoxy) is 1. The van der Waals surface area contributed by atoms with Crippen molar-refractivity contribution < 1.29 is 18.7 Å². The first-order valence-corrected chi connectivity index (χ1v) is 6.41. The number of esters is 1. The lowest BCUT2D eigenvalue weighted by molar-refractivity contribution is -0.140. The van der Waals surface area contributed by atoms with Gasteiger partial charge in [0.2, 0.25) is 5.95 Å². The molecule has 20 heavy (non-hydrogen) atoms. The van der Waals surface area contributed by atoms with Gasteiger partial charge in [0, 0.05) is 30.9 Å². The van der Waals surface area contributed by atoms with Crippen molar-refractivity contribution in [2.75, 3.05) is 20.2 Å². The minimum atomic E-state index is -0.701. The molecule has 0 bridgehead atoms. The van der Waals surface area contributed by atoms with Gasteiger partial charge in [0.05, 0.1) is 13.5 Å². The Bertz CT molecular complexity index is 477. The monoisotopic (exact) mass is 282 g/mol. The molecule has 6 heteroatoms. The SMILES string of the molecule is COC(=O)CCN(CC(C)C)C(=O)c1ccnc(F)c1. The number of hydrogen-bond acceptors (Lipinski definition) is 4. The summed E-state index contributed by atoms with van der Waals surface area (Å²) in [5.41, 5.74) is 0.225. The van der Waals surface area contributed by atoms with Crippen LogP contribution in [0.5, 0.6) is 0 Å². The minimum absolute atomic E-state index is 0.114. The first kappa shape index (κ1) is 16.1. The number of pyridine rings is 1. The first-order valence-electron chi connectivity index (χ1n) is 6.41. The van der Waals surface area contributed by atoms with Crippen molar-refractivity contribution in [1.82, 2.24) is 9.88 Å². The molecule has 1 aromatic heterocycles. The summed E-state index contributed by atoms with van der Waals surface area (Å²) in [5, 5.41) is 0. The summed E-state index contributed by atoms with van der Waals surface area (Å²) in [4.78, 5) is 28.4. The molecule has 0 saturated heterocycles. The summed E-state index contributed by atoms with van der Waals surface area (Å²) in [6.45, 7) is 4.66. The summed E-state index contributed by atoms with van der Waals surface area (Å²) in [7, 11) is 1.30. The van der Waals surface area contributed by atoms with Crippen LogP contribution in [0.2, 0.25) is 0 Å². The average Bonchev–Trinajstić information content (AvgIpc) is 2.41. The van der Waals surface area contributed by atoms with E-state index in [0.717, 1.165) is 6.07 Å². The number of hydrogen-bond donors (Lipinski definition) is 0. The van der Waals surface area contributed by atoms with E-state index in [1.807, 2.05) is 13.8 Å². The maximum Gasteiger partial charge on any atom is 0.307 e. The van der Waals surface area contributed by atoms with Crippen molar-refractivity contribution in [3.63, 3.8) is 0 Å². The van der Waals surface area contributed by atoms with Crippen LogP contribution < -0.4 is 0 Å². The van der Waals surface area contributed by atoms with Crippen molar-refractivity contribution >= 4 is 11.9 Å². The molecule has 0 aliphatic heterocycles. The van der Waals surface area contributed by atoms with Crippen LogP contribution in [0, 0.1) is 11.9 Å². The predicted molar refractivity (Wildman–Crippen MR) is 71.6 cm³/mol. The Morgan fingerprint density at radius 1 is 1.45 bits per heavy atom. The van der Waals surface area contributed by atoms with Crippen LogP contribution in [-0.2, 0) is 9.53 Å². The van der Waals surface area contributed by atoms with Crippen molar-refractivity contribution in [2.45, 2.75) is 20.3 Å². The number of carbonyl (C=O) groups excluding carboxylic acids is 2. The van der Waals surface area contributed by atoms with E-state index in [1.165, 1.54) is 24.3 Å². The molecule has 0 saturated carbocycles. The van der Waals surface area contributed by atoms with E-state index in [9.17, 15) is 14.0 Å². The first-order chi connectivity index (χ1) is 9.43. The van der Waals surface area contributed by atoms with Gasteiger partial charge in [-0.3, -0.25) is 9.59 Å². The smallest absolute Gasteiger partial charge is 0.307 e. The highest BCUT2D eigenvalue weighted by molar-refractivity contribution is 5.94. The van der Waals surface area contributed by atoms with Crippen LogP contribution in [0.25, 0.3) is 0 Å². The standard InChI is InChI=1S/C14H19FN2O3/c1-10(2)9-17(7-5-13(18)20-3)14(19)11-4-6-16-12(15)8-11/h4,6,8,10H,5,7,9H2,1-3H3. The fourth-order valence-electron chi connectivity index (χ4n) is 1.76. The van der Waals surface area contributed by atoms with Gasteiger partial charge in [0.1, 0.15) is 0 Å². The zero-order valence-electron chi connectivity index (χ0n) is 11.9. The van der Waals surface area contributed by atoms with Gasteiger partial charge in [0.25, 0.3) is 5.91 Å². The molecular weight excluding hydrogens is 263 g/mol. The van der Waals surface area contributed by atoms with Crippen LogP contribution in [-0.4, -0.2) is 42.0 Å². The van der Waals surface area contributed by atoms with E-state index in [-0.39, 0.29) is 36.3 Å². The van der Waals surface area contributed by atoms with Crippen molar-refractivity contribution in [2.24, 2.45) is 5.92 Å². The minimum Gasteiger partial charge on any atom is -0.469 e. The second-order valence-electron chi connectivity index (χ2n) is 4.84. The normalized spacial score (nSPS) is 10.4. The lowest BCUT2D eigenvalue weighted by Gasteiger charge is -2.24. The highest BCUT2D eigenvalue weighted by Crippen LogP contribution is 2.09. The number of aromatic nitrogens is 1. The second kappa shape index (κ2) is 7.57. The van der Waals surface area contributed by atoms with Gasteiger partial charge in [-0.25, -0.2) is 4.98 Å². The lowest BCUT2D eigenvalue weighted by Crippen LogP contribution is -2.36. The summed E-state index contributed by atoms with van der Waals surface area (Å²) in [6, 6.07) is 2.55. The van der Waals surface area contributed by atoms with E-state index in [0.29, 0.717) is 6.54 Å². The molecule has 1 heterocycles. The summed E-state index contributed by atoms with van der Waals surface area (Å²) >= 11 is 0. The number of methoxy groups -OCH3 is 1. The molecule has 0 aliphatic carbocycles. The zero-order chi connectivity index (χ0) is 15.1. The van der Waals surface area contributed by atoms with Gasteiger partial charge in [-0.05, 0) is 12.0 Å². The molecule has 110 valence electrons. The highest BCUT2D eigenvalue weighted by atomic mass is 19.1. The summed E-state index contributed by atoms with van der Waals surface area (Å²) in [5.74, 6) is -1.16. The lowest BCUT2D eigenvalue weighted by atomic mass is 10.1. The number of rotatable bonds is 6. The van der Waals surface area contributed by atoms with Crippen molar-refractivity contribution in [3.8, 4) is 0 Å². The average molecular weight is 282 g/mol. The second-order valence-corrected chi connectivity index (χ2v) is 4.84. The largest absolute Gasteiger partial charge is 0.469 e. The molecule has 0 spiro atoms. The van der Waals surface area contributed by atoms with Crippen molar-refractivity contribution in [1.29, 1.82) is 0 Å². The van der Waals surface area contributed by atoms with Crippen LogP contribution in [0.4, 0.5) is 4.39 Å². The quantitative estimate of drug-likeness (QED) is 0.590. The van der Waals surface area contributed by atoms with Gasteiger partial charge < -0.3 is 9.64 Å². The fourth-order valence-corrected chi connectivity index (χ4v) is 1.76. The Balaban J connectivity index is 2.81. The maximum absolute atomic E-state index is 13.1. The zero-order valence-corrected chi connectivity index (χ0v) is 11.9. The number of halogens is 1. The number of nitrogens with zero attached hydrogens (tertiary/aromatic N) is 2. The Kier molecular flexibility index (Phi) is 6.09. The van der Waals surface area contributed by atoms with Gasteiger partial charge >= 0.3 is 5.97 Å². The third-order valence-corrected chi connectivity index (χ3v) is 2.66. The topological polar surface area (TPSA) is 59.5 Å². The molecule has 1 aromatic rings. The Hall–Kier alpha value is -1.98. The highest BCUT2D eigenvalue weighted by Gasteiger charge is 2.18. The Labute approximate surface area is 117 Å². The molecular formula is C14H19FN2O3. The number of amides is 1. The van der Waals surface area contributed by atoms with E-state index >= 15 is 0 Å². The maximum atomic E-state index is 13.1. The van der Waals surface area contributed by atoms with Gasteiger partial charge in [-0.1, -0.05) is 13.8 Å². The Morgan fingerprint density at radius 3 is 2.70 bits per heavy atom. The van der Waals surface area contributed by atoms with E-state index in [4.69, 9.17) is 0 Å². The van der Waals surface area contributed by atoms with Crippen molar-refractivity contribution in [3.05, 3.63) is 29.8 Å². The number of carbonyl (C=O) groups is 2. The van der Waals surface area contributed by atoms with E-state index in [1.54, 1.807) is 0 Å². The third kappa shape index (κ3) is 4.95. The molecule has 0 atom stereocenters. The molecule has 0 fully saturated rings. The molecule has 1 amide bonds. The van der Waals surface area contributed by atoms with Crippen LogP contribution in [0.1, 0.15) is 30.6 Å². The van der Waals surface area contributed by atoms with Crippen LogP contribution >= 0.6 is 0 Å². The molecule has 0 aromatic carbocycles. The Morgan fingerprint density at radius 2 is 2.15 bits per heavy atom. The molecule has 0 unspecified atom stereocenters. The van der Waals surface area contributed by atoms with Gasteiger partial charge in [-0.15, -0.1) is 0 Å². The summed E-state index contributed by atoms with van der Waals surface area (Å²) < 4.78 is 17.6. The van der Waals surface area contributed by atoms with Crippen LogP contribution in [0.3, 0.4) is 0 Å². The molecule has 0 aliphatic rings. The fraction of sp³-hybridized carbons (Fsp3) is 0.500.